The molecule has 0 aliphatic rings. The highest BCUT2D eigenvalue weighted by atomic mass is 19.4. The normalized spacial score (nSPS) is 14.2. The Morgan fingerprint density at radius 1 is 0.354 bits per heavy atom. The van der Waals surface area contributed by atoms with Gasteiger partial charge in [-0.3, -0.25) is 0 Å². The van der Waals surface area contributed by atoms with Crippen molar-refractivity contribution in [3.63, 3.8) is 0 Å². The molecule has 2 heterocycles. The Kier molecular flexibility index (Phi) is 11.0. The quantitative estimate of drug-likeness (QED) is 0.199. The van der Waals surface area contributed by atoms with Gasteiger partial charge in [-0.05, 0) is 0 Å². The van der Waals surface area contributed by atoms with E-state index in [0.717, 1.165) is 0 Å². The number of alkyl halides is 20. The van der Waals surface area contributed by atoms with E-state index in [0.29, 0.717) is 0 Å². The van der Waals surface area contributed by atoms with Crippen molar-refractivity contribution < 1.29 is 107 Å². The first-order valence-electron chi connectivity index (χ1n) is 11.4. The van der Waals surface area contributed by atoms with Crippen molar-refractivity contribution in [2.45, 2.75) is 48.4 Å². The summed E-state index contributed by atoms with van der Waals surface area (Å²) < 4.78 is 283. The first-order chi connectivity index (χ1) is 21.3. The minimum absolute atomic E-state index is 0.259. The number of rotatable bonds is 13. The van der Waals surface area contributed by atoms with Crippen LogP contribution >= 0.6 is 0 Å². The van der Waals surface area contributed by atoms with E-state index in [4.69, 9.17) is 0 Å². The highest BCUT2D eigenvalue weighted by Gasteiger charge is 2.83. The van der Waals surface area contributed by atoms with Gasteiger partial charge in [0.15, 0.2) is 26.4 Å². The van der Waals surface area contributed by atoms with Gasteiger partial charge in [-0.1, -0.05) is 0 Å². The van der Waals surface area contributed by atoms with Crippen molar-refractivity contribution in [3.8, 4) is 23.5 Å². The Morgan fingerprint density at radius 2 is 0.542 bits per heavy atom. The van der Waals surface area contributed by atoms with Gasteiger partial charge in [-0.2, -0.15) is 108 Å². The highest BCUT2D eigenvalue weighted by molar-refractivity contribution is 5.27. The number of nitrogens with zero attached hydrogens (tertiary/aromatic N) is 4. The summed E-state index contributed by atoms with van der Waals surface area (Å²) in [6.07, 6.45) is -21.6. The molecule has 0 unspecified atom stereocenters. The molecule has 28 heteroatoms. The van der Waals surface area contributed by atoms with Gasteiger partial charge in [0.05, 0.1) is 12.1 Å². The lowest BCUT2D eigenvalue weighted by molar-refractivity contribution is -0.377. The molecule has 0 amide bonds. The molecular weight excluding hydrogens is 740 g/mol. The van der Waals surface area contributed by atoms with E-state index in [1.54, 1.807) is 0 Å². The Morgan fingerprint density at radius 3 is 0.708 bits per heavy atom. The molecule has 0 saturated carbocycles. The highest BCUT2D eigenvalue weighted by Crippen LogP contribution is 2.58. The summed E-state index contributed by atoms with van der Waals surface area (Å²) in [7, 11) is 0. The largest absolute Gasteiger partial charge is 0.468 e. The smallest absolute Gasteiger partial charge is 0.422 e. The summed E-state index contributed by atoms with van der Waals surface area (Å²) in [6, 6.07) is -0.518. The molecule has 2 aromatic rings. The average molecular weight is 750 g/mol. The van der Waals surface area contributed by atoms with Gasteiger partial charge in [-0.15, -0.1) is 0 Å². The molecule has 0 saturated heterocycles. The van der Waals surface area contributed by atoms with Crippen molar-refractivity contribution in [1.82, 2.24) is 19.9 Å². The molecule has 2 rings (SSSR count). The Labute approximate surface area is 250 Å². The third-order valence-corrected chi connectivity index (χ3v) is 4.64. The number of aromatic nitrogens is 4. The van der Waals surface area contributed by atoms with Crippen LogP contribution in [0.25, 0.3) is 0 Å². The van der Waals surface area contributed by atoms with Crippen LogP contribution in [-0.2, 0) is 11.8 Å². The summed E-state index contributed by atoms with van der Waals surface area (Å²) in [5, 5.41) is 0. The van der Waals surface area contributed by atoms with Gasteiger partial charge in [0, 0.05) is 0 Å². The maximum Gasteiger partial charge on any atom is 0.422 e. The SMILES string of the molecule is FC(F)(F)COc1cc(OCC(F)(F)F)nc(C(F)(F)C(F)(F)C(F)(F)C(F)(F)c2nc(OCC(F)(F)F)cc(OCC(F)(F)F)n2)n1. The van der Waals surface area contributed by atoms with Crippen molar-refractivity contribution >= 4 is 0 Å². The molecule has 0 N–H and O–H groups in total. The van der Waals surface area contributed by atoms with Gasteiger partial charge < -0.3 is 18.9 Å². The predicted molar refractivity (Wildman–Crippen MR) is 108 cm³/mol. The molecule has 0 spiro atoms. The molecule has 0 aliphatic heterocycles. The third-order valence-electron chi connectivity index (χ3n) is 4.64. The Balaban J connectivity index is 2.67. The number of ether oxygens (including phenoxy) is 4. The predicted octanol–water partition coefficient (Wildman–Crippen LogP) is 7.19. The lowest BCUT2D eigenvalue weighted by Crippen LogP contribution is -2.60. The van der Waals surface area contributed by atoms with Crippen LogP contribution in [0, 0.1) is 0 Å². The van der Waals surface area contributed by atoms with Crippen molar-refractivity contribution in [1.29, 1.82) is 0 Å². The third kappa shape index (κ3) is 10.2. The molecule has 0 aliphatic carbocycles. The van der Waals surface area contributed by atoms with E-state index in [2.05, 4.69) is 38.9 Å². The molecular formula is C20H10F20N4O4. The maximum absolute atomic E-state index is 14.9. The second kappa shape index (κ2) is 13.1. The minimum atomic E-state index is -7.63. The Hall–Kier alpha value is -4.04. The van der Waals surface area contributed by atoms with Crippen LogP contribution in [0.4, 0.5) is 87.8 Å². The van der Waals surface area contributed by atoms with Crippen LogP contribution in [0.3, 0.4) is 0 Å². The number of halogens is 20. The second-order valence-electron chi connectivity index (χ2n) is 8.65. The average Bonchev–Trinajstić information content (AvgIpc) is 2.90. The molecule has 8 nitrogen and oxygen atoms in total. The molecule has 0 aromatic carbocycles. The first kappa shape index (κ1) is 40.1. The van der Waals surface area contributed by atoms with E-state index in [1.807, 2.05) is 0 Å². The minimum Gasteiger partial charge on any atom is -0.468 e. The van der Waals surface area contributed by atoms with Crippen LogP contribution < -0.4 is 18.9 Å². The van der Waals surface area contributed by atoms with Crippen LogP contribution in [-0.4, -0.2) is 82.9 Å². The number of hydrogen-bond donors (Lipinski definition) is 0. The van der Waals surface area contributed by atoms with E-state index < -0.39 is 110 Å². The van der Waals surface area contributed by atoms with Crippen molar-refractivity contribution in [3.05, 3.63) is 23.8 Å². The fourth-order valence-electron chi connectivity index (χ4n) is 2.68. The molecule has 0 radical (unpaired) electrons. The first-order valence-corrected chi connectivity index (χ1v) is 11.4. The fourth-order valence-corrected chi connectivity index (χ4v) is 2.68. The molecule has 274 valence electrons. The molecule has 0 atom stereocenters. The van der Waals surface area contributed by atoms with E-state index in [9.17, 15) is 87.8 Å². The zero-order chi connectivity index (χ0) is 37.4. The summed E-state index contributed by atoms with van der Waals surface area (Å²) in [5.74, 6) is -43.6. The molecule has 48 heavy (non-hydrogen) atoms. The topological polar surface area (TPSA) is 88.5 Å². The molecule has 0 bridgehead atoms. The van der Waals surface area contributed by atoms with Crippen LogP contribution in [0.15, 0.2) is 12.1 Å². The van der Waals surface area contributed by atoms with Crippen molar-refractivity contribution in [2.24, 2.45) is 0 Å². The summed E-state index contributed by atoms with van der Waals surface area (Å²) >= 11 is 0. The van der Waals surface area contributed by atoms with Crippen LogP contribution in [0.2, 0.25) is 0 Å². The van der Waals surface area contributed by atoms with Gasteiger partial charge in [0.1, 0.15) is 0 Å². The van der Waals surface area contributed by atoms with Gasteiger partial charge in [0.25, 0.3) is 0 Å². The Bertz CT molecular complexity index is 1230. The lowest BCUT2D eigenvalue weighted by Gasteiger charge is -2.35. The van der Waals surface area contributed by atoms with E-state index >= 15 is 0 Å². The van der Waals surface area contributed by atoms with Crippen LogP contribution in [0.1, 0.15) is 11.6 Å². The monoisotopic (exact) mass is 750 g/mol. The summed E-state index contributed by atoms with van der Waals surface area (Å²) in [5.41, 5.74) is 0. The van der Waals surface area contributed by atoms with Crippen LogP contribution in [0.5, 0.6) is 23.5 Å². The zero-order valence-corrected chi connectivity index (χ0v) is 22.0. The van der Waals surface area contributed by atoms with E-state index in [-0.39, 0.29) is 12.1 Å². The zero-order valence-electron chi connectivity index (χ0n) is 22.0. The summed E-state index contributed by atoms with van der Waals surface area (Å²) in [4.78, 5) is 8.89. The molecule has 0 fully saturated rings. The van der Waals surface area contributed by atoms with Gasteiger partial charge in [-0.25, -0.2) is 0 Å². The number of hydrogen-bond acceptors (Lipinski definition) is 8. The fraction of sp³-hybridized carbons (Fsp3) is 0.600. The standard InChI is InChI=1S/C20H10F20N4O4/c21-13(22,23)3-45-7-1-8(46-4-14(24,25)26)42-11(41-7)17(33,34)19(37,38)20(39,40)18(35,36)12-43-9(47-5-15(27,28)29)2-10(44-12)48-6-16(30,31)32/h1-2H,3-6H2. The van der Waals surface area contributed by atoms with Crippen molar-refractivity contribution in [2.75, 3.05) is 26.4 Å². The lowest BCUT2D eigenvalue weighted by atomic mass is 9.97. The second-order valence-corrected chi connectivity index (χ2v) is 8.65. The summed E-state index contributed by atoms with van der Waals surface area (Å²) in [6.45, 7) is -10.2. The van der Waals surface area contributed by atoms with Gasteiger partial charge >= 0.3 is 48.4 Å². The van der Waals surface area contributed by atoms with Gasteiger partial charge in [0.2, 0.25) is 35.2 Å². The van der Waals surface area contributed by atoms with E-state index in [1.165, 1.54) is 0 Å². The maximum atomic E-state index is 14.9. The molecule has 2 aromatic heterocycles.